The number of carbonyl (C=O) groups is 1. The fourth-order valence-corrected chi connectivity index (χ4v) is 4.41. The van der Waals surface area contributed by atoms with Crippen LogP contribution in [0.1, 0.15) is 27.7 Å². The average Bonchev–Trinajstić information content (AvgIpc) is 2.90. The van der Waals surface area contributed by atoms with E-state index in [1.807, 2.05) is 6.26 Å². The molecule has 1 N–H and O–H groups in total. The monoisotopic (exact) mass is 357 g/mol. The molecule has 2 rings (SSSR count). The van der Waals surface area contributed by atoms with Crippen LogP contribution in [0.15, 0.2) is 0 Å². The number of rotatable bonds is 7. The number of ether oxygens (including phenoxy) is 1. The van der Waals surface area contributed by atoms with Crippen LogP contribution in [0.4, 0.5) is 0 Å². The van der Waals surface area contributed by atoms with Crippen LogP contribution in [-0.4, -0.2) is 85.2 Å². The van der Waals surface area contributed by atoms with Crippen molar-refractivity contribution < 1.29 is 9.53 Å². The molecular weight excluding hydrogens is 322 g/mol. The molecule has 24 heavy (non-hydrogen) atoms. The first-order chi connectivity index (χ1) is 11.3. The Bertz CT molecular complexity index is 411. The summed E-state index contributed by atoms with van der Waals surface area (Å²) in [6, 6.07) is 0.283. The summed E-state index contributed by atoms with van der Waals surface area (Å²) in [7, 11) is 0. The Morgan fingerprint density at radius 2 is 1.96 bits per heavy atom. The summed E-state index contributed by atoms with van der Waals surface area (Å²) in [5.41, 5.74) is 0.142. The zero-order valence-electron chi connectivity index (χ0n) is 16.0. The number of hydrogen-bond acceptors (Lipinski definition) is 5. The molecule has 5 nitrogen and oxygen atoms in total. The van der Waals surface area contributed by atoms with Gasteiger partial charge in [0.1, 0.15) is 0 Å². The van der Waals surface area contributed by atoms with Crippen LogP contribution in [0.5, 0.6) is 0 Å². The molecule has 0 aromatic rings. The largest absolute Gasteiger partial charge is 0.379 e. The van der Waals surface area contributed by atoms with E-state index in [2.05, 4.69) is 42.8 Å². The fourth-order valence-electron chi connectivity index (χ4n) is 4.07. The third-order valence-electron chi connectivity index (χ3n) is 5.40. The quantitative estimate of drug-likeness (QED) is 0.749. The molecule has 2 aliphatic rings. The summed E-state index contributed by atoms with van der Waals surface area (Å²) in [5.74, 6) is 1.85. The van der Waals surface area contributed by atoms with Crippen LogP contribution in [-0.2, 0) is 9.53 Å². The molecule has 0 aliphatic carbocycles. The third-order valence-corrected chi connectivity index (χ3v) is 5.95. The molecule has 0 aromatic heterocycles. The number of morpholine rings is 1. The van der Waals surface area contributed by atoms with Gasteiger partial charge in [0.25, 0.3) is 0 Å². The van der Waals surface area contributed by atoms with Crippen LogP contribution in [0.2, 0.25) is 0 Å². The highest BCUT2D eigenvalue weighted by atomic mass is 32.2. The van der Waals surface area contributed by atoms with Gasteiger partial charge in [-0.2, -0.15) is 11.8 Å². The Kier molecular flexibility index (Phi) is 7.40. The highest BCUT2D eigenvalue weighted by Crippen LogP contribution is 2.27. The van der Waals surface area contributed by atoms with Gasteiger partial charge < -0.3 is 10.1 Å². The second-order valence-corrected chi connectivity index (χ2v) is 8.99. The molecule has 2 heterocycles. The Hall–Kier alpha value is -0.300. The molecule has 0 spiro atoms. The van der Waals surface area contributed by atoms with E-state index in [0.29, 0.717) is 17.6 Å². The van der Waals surface area contributed by atoms with Gasteiger partial charge in [0, 0.05) is 44.3 Å². The first kappa shape index (κ1) is 20.0. The Labute approximate surface area is 151 Å². The van der Waals surface area contributed by atoms with E-state index in [1.54, 1.807) is 11.8 Å². The van der Waals surface area contributed by atoms with Crippen LogP contribution < -0.4 is 5.32 Å². The van der Waals surface area contributed by atoms with E-state index < -0.39 is 0 Å². The van der Waals surface area contributed by atoms with Crippen LogP contribution in [0, 0.1) is 11.8 Å². The number of likely N-dealkylation sites (tertiary alicyclic amines) is 1. The second-order valence-electron chi connectivity index (χ2n) is 8.12. The van der Waals surface area contributed by atoms with Crippen molar-refractivity contribution in [3.63, 3.8) is 0 Å². The average molecular weight is 358 g/mol. The summed E-state index contributed by atoms with van der Waals surface area (Å²) in [4.78, 5) is 17.1. The van der Waals surface area contributed by atoms with E-state index in [9.17, 15) is 4.79 Å². The minimum atomic E-state index is 0.142. The minimum absolute atomic E-state index is 0.142. The highest BCUT2D eigenvalue weighted by Gasteiger charge is 2.39. The molecular formula is C18H35N3O2S. The zero-order chi connectivity index (χ0) is 17.7. The zero-order valence-corrected chi connectivity index (χ0v) is 16.8. The van der Waals surface area contributed by atoms with Gasteiger partial charge in [-0.25, -0.2) is 0 Å². The SMILES string of the molecule is CSCC(=O)NC1CN(CC(C)(C)N2CCOCC2)CC1C(C)C. The molecule has 0 aromatic carbocycles. The van der Waals surface area contributed by atoms with Gasteiger partial charge in [0.15, 0.2) is 0 Å². The standard InChI is InChI=1S/C18H35N3O2S/c1-14(2)15-10-20(11-16(15)19-17(22)12-24-5)13-18(3,4)21-6-8-23-9-7-21/h14-16H,6-13H2,1-5H3,(H,19,22). The van der Waals surface area contributed by atoms with Gasteiger partial charge in [-0.05, 0) is 31.9 Å². The molecule has 0 saturated carbocycles. The topological polar surface area (TPSA) is 44.8 Å². The van der Waals surface area contributed by atoms with Crippen molar-refractivity contribution in [3.05, 3.63) is 0 Å². The molecule has 0 bridgehead atoms. The number of hydrogen-bond donors (Lipinski definition) is 1. The maximum Gasteiger partial charge on any atom is 0.230 e. The number of nitrogens with one attached hydrogen (secondary N) is 1. The molecule has 2 unspecified atom stereocenters. The van der Waals surface area contributed by atoms with E-state index in [-0.39, 0.29) is 17.5 Å². The van der Waals surface area contributed by atoms with E-state index in [4.69, 9.17) is 4.74 Å². The first-order valence-electron chi connectivity index (χ1n) is 9.17. The molecule has 2 atom stereocenters. The number of amides is 1. The van der Waals surface area contributed by atoms with Gasteiger partial charge >= 0.3 is 0 Å². The summed E-state index contributed by atoms with van der Waals surface area (Å²) in [6.07, 6.45) is 1.98. The van der Waals surface area contributed by atoms with Gasteiger partial charge in [-0.3, -0.25) is 14.6 Å². The second kappa shape index (κ2) is 8.88. The lowest BCUT2D eigenvalue weighted by Gasteiger charge is -2.43. The smallest absolute Gasteiger partial charge is 0.230 e. The summed E-state index contributed by atoms with van der Waals surface area (Å²) >= 11 is 1.59. The van der Waals surface area contributed by atoms with Crippen molar-refractivity contribution in [2.24, 2.45) is 11.8 Å². The van der Waals surface area contributed by atoms with Crippen LogP contribution >= 0.6 is 11.8 Å². The normalized spacial score (nSPS) is 26.9. The van der Waals surface area contributed by atoms with E-state index in [1.165, 1.54) is 0 Å². The summed E-state index contributed by atoms with van der Waals surface area (Å²) in [6.45, 7) is 16.0. The van der Waals surface area contributed by atoms with Gasteiger partial charge in [0.05, 0.1) is 19.0 Å². The minimum Gasteiger partial charge on any atom is -0.379 e. The van der Waals surface area contributed by atoms with Gasteiger partial charge in [0.2, 0.25) is 5.91 Å². The van der Waals surface area contributed by atoms with Gasteiger partial charge in [-0.15, -0.1) is 0 Å². The summed E-state index contributed by atoms with van der Waals surface area (Å²) < 4.78 is 5.49. The van der Waals surface area contributed by atoms with Crippen molar-refractivity contribution in [1.29, 1.82) is 0 Å². The summed E-state index contributed by atoms with van der Waals surface area (Å²) in [5, 5.41) is 3.27. The molecule has 0 radical (unpaired) electrons. The number of carbonyl (C=O) groups excluding carboxylic acids is 1. The maximum atomic E-state index is 12.0. The van der Waals surface area contributed by atoms with Crippen molar-refractivity contribution in [2.45, 2.75) is 39.3 Å². The van der Waals surface area contributed by atoms with Gasteiger partial charge in [-0.1, -0.05) is 13.8 Å². The lowest BCUT2D eigenvalue weighted by atomic mass is 9.91. The Morgan fingerprint density at radius 3 is 2.54 bits per heavy atom. The van der Waals surface area contributed by atoms with Crippen LogP contribution in [0.3, 0.4) is 0 Å². The van der Waals surface area contributed by atoms with Crippen molar-refractivity contribution >= 4 is 17.7 Å². The predicted octanol–water partition coefficient (Wildman–Crippen LogP) is 1.53. The molecule has 2 fully saturated rings. The van der Waals surface area contributed by atoms with Crippen LogP contribution in [0.25, 0.3) is 0 Å². The van der Waals surface area contributed by atoms with Crippen molar-refractivity contribution in [3.8, 4) is 0 Å². The Morgan fingerprint density at radius 1 is 1.29 bits per heavy atom. The predicted molar refractivity (Wildman–Crippen MR) is 102 cm³/mol. The fraction of sp³-hybridized carbons (Fsp3) is 0.944. The van der Waals surface area contributed by atoms with E-state index in [0.717, 1.165) is 45.9 Å². The maximum absolute atomic E-state index is 12.0. The van der Waals surface area contributed by atoms with Crippen molar-refractivity contribution in [2.75, 3.05) is 57.9 Å². The number of nitrogens with zero attached hydrogens (tertiary/aromatic N) is 2. The number of thioether (sulfide) groups is 1. The lowest BCUT2D eigenvalue weighted by Crippen LogP contribution is -2.55. The molecule has 6 heteroatoms. The third kappa shape index (κ3) is 5.35. The molecule has 2 aliphatic heterocycles. The highest BCUT2D eigenvalue weighted by molar-refractivity contribution is 7.99. The molecule has 1 amide bonds. The molecule has 140 valence electrons. The Balaban J connectivity index is 1.94. The molecule has 2 saturated heterocycles. The van der Waals surface area contributed by atoms with E-state index >= 15 is 0 Å². The first-order valence-corrected chi connectivity index (χ1v) is 10.6. The lowest BCUT2D eigenvalue weighted by molar-refractivity contribution is -0.119. The van der Waals surface area contributed by atoms with Crippen molar-refractivity contribution in [1.82, 2.24) is 15.1 Å².